The van der Waals surface area contributed by atoms with Crippen LogP contribution in [0.2, 0.25) is 0 Å². The first kappa shape index (κ1) is 23.3. The molecule has 0 spiro atoms. The van der Waals surface area contributed by atoms with Gasteiger partial charge in [-0.25, -0.2) is 4.90 Å². The number of para-hydroxylation sites is 1. The molecule has 2 aromatic carbocycles. The van der Waals surface area contributed by atoms with Gasteiger partial charge in [0.15, 0.2) is 0 Å². The number of hydrogen-bond acceptors (Lipinski definition) is 7. The number of amides is 2. The third kappa shape index (κ3) is 3.81. The molecule has 0 aliphatic carbocycles. The Morgan fingerprint density at radius 1 is 1.09 bits per heavy atom. The average molecular weight is 468 g/mol. The Morgan fingerprint density at radius 2 is 1.76 bits per heavy atom. The third-order valence-corrected chi connectivity index (χ3v) is 7.30. The molecule has 2 amide bonds. The summed E-state index contributed by atoms with van der Waals surface area (Å²) in [4.78, 5) is 43.9. The highest BCUT2D eigenvalue weighted by atomic mass is 32.2. The molecule has 2 aliphatic heterocycles. The predicted molar refractivity (Wildman–Crippen MR) is 130 cm³/mol. The summed E-state index contributed by atoms with van der Waals surface area (Å²) >= 11 is 1.59. The lowest BCUT2D eigenvalue weighted by atomic mass is 9.78. The zero-order chi connectivity index (χ0) is 23.8. The van der Waals surface area contributed by atoms with Gasteiger partial charge in [0.1, 0.15) is 5.54 Å². The number of benzene rings is 2. The lowest BCUT2D eigenvalue weighted by Crippen LogP contribution is -2.56. The van der Waals surface area contributed by atoms with Gasteiger partial charge in [0.2, 0.25) is 11.8 Å². The SMILES string of the molecule is COC(=O)[C@]1(CCSC)N[C@H](c2ccc(N(C)C)cc2)[C@@H]2C(=O)N(c3ccccc3)C(=O)[C@@H]21. The first-order chi connectivity index (χ1) is 15.9. The molecule has 0 unspecified atom stereocenters. The van der Waals surface area contributed by atoms with Crippen LogP contribution in [0, 0.1) is 11.8 Å². The molecule has 33 heavy (non-hydrogen) atoms. The van der Waals surface area contributed by atoms with E-state index in [1.807, 2.05) is 55.6 Å². The van der Waals surface area contributed by atoms with Crippen molar-refractivity contribution < 1.29 is 19.1 Å². The van der Waals surface area contributed by atoms with Gasteiger partial charge in [-0.05, 0) is 48.3 Å². The van der Waals surface area contributed by atoms with E-state index < -0.39 is 29.4 Å². The number of rotatable bonds is 7. The highest BCUT2D eigenvalue weighted by Crippen LogP contribution is 2.51. The minimum atomic E-state index is -1.27. The first-order valence-corrected chi connectivity index (χ1v) is 12.3. The maximum Gasteiger partial charge on any atom is 0.326 e. The van der Waals surface area contributed by atoms with E-state index in [0.29, 0.717) is 17.9 Å². The summed E-state index contributed by atoms with van der Waals surface area (Å²) in [5.74, 6) is -2.06. The monoisotopic (exact) mass is 467 g/mol. The topological polar surface area (TPSA) is 79.0 Å². The summed E-state index contributed by atoms with van der Waals surface area (Å²) in [5.41, 5.74) is 1.13. The number of anilines is 2. The minimum Gasteiger partial charge on any atom is -0.468 e. The predicted octanol–water partition coefficient (Wildman–Crippen LogP) is 2.87. The van der Waals surface area contributed by atoms with Crippen molar-refractivity contribution in [3.05, 3.63) is 60.2 Å². The zero-order valence-electron chi connectivity index (χ0n) is 19.3. The summed E-state index contributed by atoms with van der Waals surface area (Å²) in [6.07, 6.45) is 2.34. The summed E-state index contributed by atoms with van der Waals surface area (Å²) in [6, 6.07) is 16.3. The Balaban J connectivity index is 1.83. The van der Waals surface area contributed by atoms with Crippen LogP contribution in [-0.2, 0) is 19.1 Å². The Labute approximate surface area is 198 Å². The number of nitrogens with one attached hydrogen (secondary N) is 1. The maximum absolute atomic E-state index is 13.8. The molecule has 4 rings (SSSR count). The summed E-state index contributed by atoms with van der Waals surface area (Å²) in [6.45, 7) is 0. The zero-order valence-corrected chi connectivity index (χ0v) is 20.1. The fourth-order valence-corrected chi connectivity index (χ4v) is 5.59. The Morgan fingerprint density at radius 3 is 2.33 bits per heavy atom. The quantitative estimate of drug-likeness (QED) is 0.496. The van der Waals surface area contributed by atoms with E-state index in [4.69, 9.17) is 4.74 Å². The fraction of sp³-hybridized carbons (Fsp3) is 0.400. The van der Waals surface area contributed by atoms with Crippen LogP contribution in [0.3, 0.4) is 0 Å². The number of nitrogens with zero attached hydrogens (tertiary/aromatic N) is 2. The van der Waals surface area contributed by atoms with Crippen LogP contribution in [0.25, 0.3) is 0 Å². The van der Waals surface area contributed by atoms with Gasteiger partial charge in [0, 0.05) is 25.8 Å². The molecule has 2 aliphatic rings. The Hall–Kier alpha value is -2.84. The summed E-state index contributed by atoms with van der Waals surface area (Å²) < 4.78 is 5.20. The van der Waals surface area contributed by atoms with Gasteiger partial charge < -0.3 is 9.64 Å². The number of methoxy groups -OCH3 is 1. The van der Waals surface area contributed by atoms with E-state index in [9.17, 15) is 14.4 Å². The molecule has 7 nitrogen and oxygen atoms in total. The molecular formula is C25H29N3O4S. The van der Waals surface area contributed by atoms with Gasteiger partial charge in [-0.3, -0.25) is 19.7 Å². The van der Waals surface area contributed by atoms with Crippen molar-refractivity contribution in [1.82, 2.24) is 5.32 Å². The van der Waals surface area contributed by atoms with Crippen LogP contribution in [-0.4, -0.2) is 56.5 Å². The molecule has 8 heteroatoms. The van der Waals surface area contributed by atoms with Crippen molar-refractivity contribution in [3.63, 3.8) is 0 Å². The van der Waals surface area contributed by atoms with E-state index >= 15 is 0 Å². The third-order valence-electron chi connectivity index (χ3n) is 6.69. The van der Waals surface area contributed by atoms with Gasteiger partial charge in [0.05, 0.1) is 24.6 Å². The molecule has 2 aromatic rings. The average Bonchev–Trinajstić information content (AvgIpc) is 3.32. The molecule has 0 bridgehead atoms. The van der Waals surface area contributed by atoms with Crippen molar-refractivity contribution >= 4 is 40.9 Å². The number of esters is 1. The molecule has 0 saturated carbocycles. The van der Waals surface area contributed by atoms with Crippen molar-refractivity contribution in [2.24, 2.45) is 11.8 Å². The van der Waals surface area contributed by atoms with Crippen LogP contribution in [0.4, 0.5) is 11.4 Å². The molecular weight excluding hydrogens is 438 g/mol. The van der Waals surface area contributed by atoms with E-state index in [2.05, 4.69) is 5.32 Å². The fourth-order valence-electron chi connectivity index (χ4n) is 5.07. The largest absolute Gasteiger partial charge is 0.468 e. The van der Waals surface area contributed by atoms with E-state index in [1.165, 1.54) is 12.0 Å². The first-order valence-electron chi connectivity index (χ1n) is 10.9. The Bertz CT molecular complexity index is 1040. The number of thioether (sulfide) groups is 1. The number of fused-ring (bicyclic) bond motifs is 1. The minimum absolute atomic E-state index is 0.291. The van der Waals surface area contributed by atoms with Crippen molar-refractivity contribution in [1.29, 1.82) is 0 Å². The standard InChI is InChI=1S/C25H29N3O4S/c1-27(2)17-12-10-16(11-13-17)21-19-20(25(26-21,14-15-33-4)24(31)32-3)23(30)28(22(19)29)18-8-6-5-7-9-18/h5-13,19-21,26H,14-15H2,1-4H3/t19-,20-,21-,25-/m1/s1. The number of carbonyl (C=O) groups is 3. The van der Waals surface area contributed by atoms with Gasteiger partial charge in [0.25, 0.3) is 0 Å². The molecule has 174 valence electrons. The van der Waals surface area contributed by atoms with Crippen molar-refractivity contribution in [3.8, 4) is 0 Å². The van der Waals surface area contributed by atoms with E-state index in [0.717, 1.165) is 11.3 Å². The van der Waals surface area contributed by atoms with Crippen LogP contribution < -0.4 is 15.1 Å². The highest BCUT2D eigenvalue weighted by molar-refractivity contribution is 7.98. The molecule has 0 aromatic heterocycles. The summed E-state index contributed by atoms with van der Waals surface area (Å²) in [5, 5.41) is 3.42. The number of ether oxygens (including phenoxy) is 1. The van der Waals surface area contributed by atoms with Gasteiger partial charge >= 0.3 is 5.97 Å². The number of hydrogen-bond donors (Lipinski definition) is 1. The highest BCUT2D eigenvalue weighted by Gasteiger charge is 2.68. The summed E-state index contributed by atoms with van der Waals surface area (Å²) in [7, 11) is 5.25. The van der Waals surface area contributed by atoms with E-state index in [1.54, 1.807) is 36.0 Å². The van der Waals surface area contributed by atoms with Crippen LogP contribution in [0.5, 0.6) is 0 Å². The van der Waals surface area contributed by atoms with Crippen molar-refractivity contribution in [2.75, 3.05) is 43.0 Å². The second kappa shape index (κ2) is 9.19. The second-order valence-corrected chi connectivity index (χ2v) is 9.65. The molecule has 2 saturated heterocycles. The van der Waals surface area contributed by atoms with Crippen LogP contribution in [0.1, 0.15) is 18.0 Å². The van der Waals surface area contributed by atoms with Gasteiger partial charge in [-0.1, -0.05) is 30.3 Å². The van der Waals surface area contributed by atoms with Crippen LogP contribution >= 0.6 is 11.8 Å². The molecule has 0 radical (unpaired) electrons. The lowest BCUT2D eigenvalue weighted by Gasteiger charge is -2.32. The molecule has 4 atom stereocenters. The number of imide groups is 1. The molecule has 1 N–H and O–H groups in total. The Kier molecular flexibility index (Phi) is 6.50. The smallest absolute Gasteiger partial charge is 0.326 e. The maximum atomic E-state index is 13.8. The molecule has 2 heterocycles. The second-order valence-electron chi connectivity index (χ2n) is 8.66. The van der Waals surface area contributed by atoms with Gasteiger partial charge in [-0.15, -0.1) is 0 Å². The normalized spacial score (nSPS) is 26.4. The lowest BCUT2D eigenvalue weighted by molar-refractivity contribution is -0.152. The van der Waals surface area contributed by atoms with Gasteiger partial charge in [-0.2, -0.15) is 11.8 Å². The van der Waals surface area contributed by atoms with Crippen molar-refractivity contribution in [2.45, 2.75) is 18.0 Å². The number of carbonyl (C=O) groups excluding carboxylic acids is 3. The van der Waals surface area contributed by atoms with Crippen LogP contribution in [0.15, 0.2) is 54.6 Å². The molecule has 2 fully saturated rings. The van der Waals surface area contributed by atoms with E-state index in [-0.39, 0.29) is 11.8 Å².